The number of fused-ring (bicyclic) bond motifs is 1. The molecular weight excluding hydrogens is 665 g/mol. The zero-order valence-corrected chi connectivity index (χ0v) is 25.2. The van der Waals surface area contributed by atoms with Crippen molar-refractivity contribution in [1.29, 1.82) is 0 Å². The number of carbonyl (C=O) groups excluding carboxylic acids is 2. The molecule has 1 saturated heterocycles. The second kappa shape index (κ2) is 11.4. The molecule has 2 aromatic carbocycles. The van der Waals surface area contributed by atoms with E-state index >= 15 is 4.39 Å². The van der Waals surface area contributed by atoms with Crippen LogP contribution in [0.1, 0.15) is 45.2 Å². The first-order valence-corrected chi connectivity index (χ1v) is 15.3. The number of carbonyl (C=O) groups is 2. The number of anilines is 1. The number of pyridine rings is 1. The molecule has 0 radical (unpaired) electrons. The molecule has 1 fully saturated rings. The van der Waals surface area contributed by atoms with E-state index in [9.17, 15) is 22.4 Å². The Kier molecular flexibility index (Phi) is 8.23. The van der Waals surface area contributed by atoms with Crippen LogP contribution in [0.25, 0.3) is 11.0 Å². The fourth-order valence-corrected chi connectivity index (χ4v) is 7.00. The van der Waals surface area contributed by atoms with Crippen molar-refractivity contribution >= 4 is 77.8 Å². The smallest absolute Gasteiger partial charge is 0.288 e. The Morgan fingerprint density at radius 2 is 1.88 bits per heavy atom. The van der Waals surface area contributed by atoms with Gasteiger partial charge in [0.25, 0.3) is 5.91 Å². The maximum Gasteiger partial charge on any atom is 0.301 e. The van der Waals surface area contributed by atoms with Crippen molar-refractivity contribution in [3.05, 3.63) is 91.4 Å². The van der Waals surface area contributed by atoms with Gasteiger partial charge < -0.3 is 0 Å². The molecule has 1 aliphatic rings. The lowest BCUT2D eigenvalue weighted by atomic mass is 9.95. The van der Waals surface area contributed by atoms with Gasteiger partial charge in [0.15, 0.2) is 5.78 Å². The average Bonchev–Trinajstić information content (AvgIpc) is 3.53. The highest BCUT2D eigenvalue weighted by molar-refractivity contribution is 9.10. The minimum atomic E-state index is -4.17. The molecule has 2 aromatic heterocycles. The Morgan fingerprint density at radius 3 is 2.51 bits per heavy atom. The Bertz CT molecular complexity index is 1810. The van der Waals surface area contributed by atoms with Gasteiger partial charge in [-0.05, 0) is 64.7 Å². The van der Waals surface area contributed by atoms with E-state index in [1.807, 2.05) is 0 Å². The topological polar surface area (TPSA) is 101 Å². The molecule has 41 heavy (non-hydrogen) atoms. The van der Waals surface area contributed by atoms with Crippen molar-refractivity contribution in [2.75, 3.05) is 17.8 Å². The average molecular weight is 686 g/mol. The third-order valence-corrected chi connectivity index (χ3v) is 9.32. The van der Waals surface area contributed by atoms with E-state index in [1.54, 1.807) is 19.1 Å². The maximum atomic E-state index is 15.4. The lowest BCUT2D eigenvalue weighted by molar-refractivity contribution is 0.0964. The Hall–Kier alpha value is -2.90. The van der Waals surface area contributed by atoms with Crippen LogP contribution in [0.2, 0.25) is 10.0 Å². The van der Waals surface area contributed by atoms with Gasteiger partial charge in [0.05, 0.1) is 32.4 Å². The Morgan fingerprint density at radius 1 is 1.17 bits per heavy atom. The quantitative estimate of drug-likeness (QED) is 0.226. The molecule has 3 heterocycles. The monoisotopic (exact) mass is 684 g/mol. The molecule has 0 amide bonds. The number of alkyl halides is 1. The zero-order chi connectivity index (χ0) is 29.6. The second-order valence-corrected chi connectivity index (χ2v) is 12.7. The number of hydrogen-bond donors (Lipinski definition) is 1. The van der Waals surface area contributed by atoms with Crippen LogP contribution in [0.15, 0.2) is 53.3 Å². The van der Waals surface area contributed by atoms with Crippen LogP contribution < -0.4 is 4.72 Å². The van der Waals surface area contributed by atoms with Gasteiger partial charge in [0.1, 0.15) is 17.6 Å². The van der Waals surface area contributed by atoms with E-state index in [4.69, 9.17) is 23.2 Å². The van der Waals surface area contributed by atoms with Crippen LogP contribution in [0.4, 0.5) is 14.5 Å². The van der Waals surface area contributed by atoms with Crippen LogP contribution >= 0.6 is 39.1 Å². The highest BCUT2D eigenvalue weighted by atomic mass is 79.9. The van der Waals surface area contributed by atoms with Gasteiger partial charge in [-0.15, -0.1) is 0 Å². The summed E-state index contributed by atoms with van der Waals surface area (Å²) in [5, 5.41) is 0.413. The summed E-state index contributed by atoms with van der Waals surface area (Å²) < 4.78 is 59.9. The summed E-state index contributed by atoms with van der Waals surface area (Å²) in [4.78, 5) is 31.9. The number of halogens is 5. The summed E-state index contributed by atoms with van der Waals surface area (Å²) in [7, 11) is -4.17. The molecule has 4 aromatic rings. The van der Waals surface area contributed by atoms with Crippen LogP contribution in [0, 0.1) is 5.82 Å². The van der Waals surface area contributed by atoms with Gasteiger partial charge in [0, 0.05) is 35.3 Å². The van der Waals surface area contributed by atoms with Crippen molar-refractivity contribution in [2.24, 2.45) is 0 Å². The predicted octanol–water partition coefficient (Wildman–Crippen LogP) is 6.43. The van der Waals surface area contributed by atoms with Gasteiger partial charge >= 0.3 is 10.2 Å². The molecule has 0 saturated carbocycles. The highest BCUT2D eigenvalue weighted by Crippen LogP contribution is 2.33. The Labute approximate surface area is 252 Å². The summed E-state index contributed by atoms with van der Waals surface area (Å²) in [6.07, 6.45) is 1.53. The van der Waals surface area contributed by atoms with Crippen molar-refractivity contribution < 1.29 is 26.8 Å². The van der Waals surface area contributed by atoms with Crippen molar-refractivity contribution in [3.63, 3.8) is 0 Å². The van der Waals surface area contributed by atoms with Crippen molar-refractivity contribution in [1.82, 2.24) is 13.9 Å². The van der Waals surface area contributed by atoms with Crippen LogP contribution in [-0.4, -0.2) is 53.2 Å². The SMILES string of the molecule is CCc1c(NS(=O)(=O)N2CCC(F)C2)ccc(F)c1C(=O)c1cn(C(=O)c2c(Cl)cccc2Cl)c2ncc(Br)cc12. The van der Waals surface area contributed by atoms with Crippen molar-refractivity contribution in [3.8, 4) is 0 Å². The van der Waals surface area contributed by atoms with Gasteiger partial charge in [-0.25, -0.2) is 13.8 Å². The third kappa shape index (κ3) is 5.51. The summed E-state index contributed by atoms with van der Waals surface area (Å²) >= 11 is 15.8. The van der Waals surface area contributed by atoms with E-state index in [-0.39, 0.29) is 75.0 Å². The fraction of sp³-hybridized carbons (Fsp3) is 0.222. The summed E-state index contributed by atoms with van der Waals surface area (Å²) in [6, 6.07) is 8.32. The first-order chi connectivity index (χ1) is 19.4. The number of rotatable bonds is 7. The van der Waals surface area contributed by atoms with Crippen LogP contribution in [0.5, 0.6) is 0 Å². The molecule has 0 spiro atoms. The van der Waals surface area contributed by atoms with E-state index in [0.717, 1.165) is 14.9 Å². The fourth-order valence-electron chi connectivity index (χ4n) is 4.81. The molecule has 14 heteroatoms. The highest BCUT2D eigenvalue weighted by Gasteiger charge is 2.33. The van der Waals surface area contributed by atoms with Gasteiger partial charge in [0.2, 0.25) is 0 Å². The Balaban J connectivity index is 1.63. The van der Waals surface area contributed by atoms with Crippen LogP contribution in [-0.2, 0) is 16.6 Å². The van der Waals surface area contributed by atoms with Gasteiger partial charge in [-0.3, -0.25) is 18.9 Å². The summed E-state index contributed by atoms with van der Waals surface area (Å²) in [6.45, 7) is 1.34. The maximum absolute atomic E-state index is 15.4. The minimum Gasteiger partial charge on any atom is -0.288 e. The first-order valence-electron chi connectivity index (χ1n) is 12.4. The second-order valence-electron chi connectivity index (χ2n) is 9.32. The number of nitrogens with one attached hydrogen (secondary N) is 1. The minimum absolute atomic E-state index is 0.00417. The van der Waals surface area contributed by atoms with E-state index in [0.29, 0.717) is 4.47 Å². The molecule has 0 bridgehead atoms. The molecule has 1 N–H and O–H groups in total. The van der Waals surface area contributed by atoms with E-state index < -0.39 is 33.9 Å². The first kappa shape index (κ1) is 29.6. The number of ketones is 1. The normalized spacial score (nSPS) is 15.9. The van der Waals surface area contributed by atoms with Gasteiger partial charge in [-0.1, -0.05) is 36.2 Å². The molecule has 214 valence electrons. The molecule has 5 rings (SSSR count). The number of benzene rings is 2. The lowest BCUT2D eigenvalue weighted by Gasteiger charge is -2.20. The zero-order valence-electron chi connectivity index (χ0n) is 21.3. The van der Waals surface area contributed by atoms with E-state index in [2.05, 4.69) is 25.6 Å². The molecule has 0 aliphatic carbocycles. The third-order valence-electron chi connectivity index (χ3n) is 6.76. The molecule has 8 nitrogen and oxygen atoms in total. The largest absolute Gasteiger partial charge is 0.301 e. The van der Waals surface area contributed by atoms with Crippen molar-refractivity contribution in [2.45, 2.75) is 25.9 Å². The number of hydrogen-bond acceptors (Lipinski definition) is 5. The summed E-state index contributed by atoms with van der Waals surface area (Å²) in [5.74, 6) is -2.34. The van der Waals surface area contributed by atoms with Crippen LogP contribution in [0.3, 0.4) is 0 Å². The molecule has 1 aliphatic heterocycles. The molecular formula is C27H21BrCl2F2N4O4S. The van der Waals surface area contributed by atoms with Gasteiger partial charge in [-0.2, -0.15) is 12.7 Å². The summed E-state index contributed by atoms with van der Waals surface area (Å²) in [5.41, 5.74) is -0.257. The predicted molar refractivity (Wildman–Crippen MR) is 156 cm³/mol. The standard InChI is InChI=1S/C27H21BrCl2F2N4O4S/c1-2-16-22(34-41(39,40)35-9-8-15(31)12-35)7-6-21(32)23(16)25(37)18-13-36(26-17(18)10-14(28)11-33-26)27(38)24-19(29)4-3-5-20(24)30/h3-7,10-11,13,15,34H,2,8-9,12H2,1H3. The lowest BCUT2D eigenvalue weighted by Crippen LogP contribution is -2.34. The molecule has 1 atom stereocenters. The molecule has 1 unspecified atom stereocenters. The van der Waals surface area contributed by atoms with E-state index in [1.165, 1.54) is 30.6 Å². The number of aromatic nitrogens is 2. The number of nitrogens with zero attached hydrogens (tertiary/aromatic N) is 3.